The first-order valence-electron chi connectivity index (χ1n) is 13.8. The van der Waals surface area contributed by atoms with Gasteiger partial charge in [0.25, 0.3) is 11.8 Å². The van der Waals surface area contributed by atoms with E-state index in [1.807, 2.05) is 55.5 Å². The number of fused-ring (bicyclic) bond motifs is 2. The zero-order valence-electron chi connectivity index (χ0n) is 23.8. The minimum absolute atomic E-state index is 0.0504. The van der Waals surface area contributed by atoms with Gasteiger partial charge >= 0.3 is 5.97 Å². The maximum absolute atomic E-state index is 14.1. The molecule has 2 heterocycles. The molecule has 6 rings (SSSR count). The van der Waals surface area contributed by atoms with Crippen LogP contribution >= 0.6 is 11.6 Å². The zero-order valence-corrected chi connectivity index (χ0v) is 25.4. The van der Waals surface area contributed by atoms with Gasteiger partial charge in [0.15, 0.2) is 16.7 Å². The number of carbonyl (C=O) groups is 3. The molecule has 0 saturated heterocycles. The summed E-state index contributed by atoms with van der Waals surface area (Å²) in [6, 6.07) is 23.6. The Kier molecular flexibility index (Phi) is 7.79. The van der Waals surface area contributed by atoms with Gasteiger partial charge in [0.2, 0.25) is 0 Å². The van der Waals surface area contributed by atoms with Crippen molar-refractivity contribution in [3.63, 3.8) is 0 Å². The van der Waals surface area contributed by atoms with Crippen molar-refractivity contribution in [3.8, 4) is 5.69 Å². The quantitative estimate of drug-likeness (QED) is 0.251. The van der Waals surface area contributed by atoms with Gasteiger partial charge in [-0.15, -0.1) is 0 Å². The molecule has 2 N–H and O–H groups in total. The van der Waals surface area contributed by atoms with E-state index in [2.05, 4.69) is 9.82 Å². The molecule has 0 spiro atoms. The predicted molar refractivity (Wildman–Crippen MR) is 168 cm³/mol. The molecule has 1 aliphatic rings. The SMILES string of the molecule is Cc1ccc2ccc(S(=O)NC(=O)c3ccc(-n4nc(C(=O)O)c(Cl)c4C)c(C(=O)N4CCc5ccccc5C4)c3)cc2c1. The lowest BCUT2D eigenvalue weighted by atomic mass is 9.98. The molecular formula is C33H27ClN4O5S. The molecule has 1 atom stereocenters. The van der Waals surface area contributed by atoms with Crippen molar-refractivity contribution in [2.24, 2.45) is 0 Å². The maximum Gasteiger partial charge on any atom is 0.358 e. The van der Waals surface area contributed by atoms with Crippen molar-refractivity contribution in [3.05, 3.63) is 123 Å². The number of halogens is 1. The second-order valence-corrected chi connectivity index (χ2v) is 12.2. The van der Waals surface area contributed by atoms with Crippen molar-refractivity contribution in [2.45, 2.75) is 31.7 Å². The number of rotatable bonds is 6. The van der Waals surface area contributed by atoms with Gasteiger partial charge in [-0.05, 0) is 72.5 Å². The molecule has 1 aliphatic heterocycles. The van der Waals surface area contributed by atoms with Crippen LogP contribution in [0.2, 0.25) is 5.02 Å². The number of benzene rings is 4. The molecule has 4 aromatic carbocycles. The number of nitrogens with zero attached hydrogens (tertiary/aromatic N) is 3. The lowest BCUT2D eigenvalue weighted by Gasteiger charge is -2.29. The highest BCUT2D eigenvalue weighted by Crippen LogP contribution is 2.28. The van der Waals surface area contributed by atoms with Crippen LogP contribution in [-0.4, -0.2) is 48.3 Å². The first-order valence-corrected chi connectivity index (χ1v) is 15.4. The number of carbonyl (C=O) groups excluding carboxylic acids is 2. The predicted octanol–water partition coefficient (Wildman–Crippen LogP) is 5.65. The van der Waals surface area contributed by atoms with E-state index >= 15 is 0 Å². The molecule has 0 saturated carbocycles. The fourth-order valence-corrected chi connectivity index (χ4v) is 6.42. The Hall–Kier alpha value is -4.80. The number of amides is 2. The number of aromatic carboxylic acids is 1. The van der Waals surface area contributed by atoms with Crippen molar-refractivity contribution in [2.75, 3.05) is 6.54 Å². The number of hydrogen-bond acceptors (Lipinski definition) is 5. The molecule has 11 heteroatoms. The van der Waals surface area contributed by atoms with Crippen LogP contribution in [0.5, 0.6) is 0 Å². The number of hydrogen-bond donors (Lipinski definition) is 2. The molecule has 2 amide bonds. The first-order chi connectivity index (χ1) is 21.1. The average Bonchev–Trinajstić information content (AvgIpc) is 3.33. The van der Waals surface area contributed by atoms with Crippen LogP contribution in [0.4, 0.5) is 0 Å². The smallest absolute Gasteiger partial charge is 0.358 e. The van der Waals surface area contributed by atoms with E-state index in [1.54, 1.807) is 24.0 Å². The van der Waals surface area contributed by atoms with E-state index in [4.69, 9.17) is 11.6 Å². The highest BCUT2D eigenvalue weighted by molar-refractivity contribution is 7.83. The van der Waals surface area contributed by atoms with Gasteiger partial charge in [0.05, 0.1) is 26.9 Å². The van der Waals surface area contributed by atoms with Crippen LogP contribution in [0.1, 0.15) is 53.6 Å². The van der Waals surface area contributed by atoms with Crippen LogP contribution in [0, 0.1) is 13.8 Å². The van der Waals surface area contributed by atoms with Crippen LogP contribution in [-0.2, 0) is 24.0 Å². The Balaban J connectivity index is 1.35. The molecule has 9 nitrogen and oxygen atoms in total. The lowest BCUT2D eigenvalue weighted by molar-refractivity contribution is 0.0689. The summed E-state index contributed by atoms with van der Waals surface area (Å²) < 4.78 is 17.0. The van der Waals surface area contributed by atoms with Gasteiger partial charge in [0, 0.05) is 18.7 Å². The second kappa shape index (κ2) is 11.7. The summed E-state index contributed by atoms with van der Waals surface area (Å²) in [6.45, 7) is 4.39. The Morgan fingerprint density at radius 1 is 0.932 bits per heavy atom. The fourth-order valence-electron chi connectivity index (χ4n) is 5.39. The summed E-state index contributed by atoms with van der Waals surface area (Å²) in [5.41, 5.74) is 3.72. The Bertz CT molecular complexity index is 2020. The summed E-state index contributed by atoms with van der Waals surface area (Å²) in [5.74, 6) is -2.31. The molecule has 1 unspecified atom stereocenters. The summed E-state index contributed by atoms with van der Waals surface area (Å²) in [6.07, 6.45) is 0.664. The highest BCUT2D eigenvalue weighted by Gasteiger charge is 2.28. The van der Waals surface area contributed by atoms with E-state index in [9.17, 15) is 23.7 Å². The highest BCUT2D eigenvalue weighted by atomic mass is 35.5. The van der Waals surface area contributed by atoms with Gasteiger partial charge < -0.3 is 10.0 Å². The Morgan fingerprint density at radius 2 is 1.68 bits per heavy atom. The van der Waals surface area contributed by atoms with Gasteiger partial charge in [0.1, 0.15) is 0 Å². The van der Waals surface area contributed by atoms with Gasteiger partial charge in [-0.25, -0.2) is 13.7 Å². The summed E-state index contributed by atoms with van der Waals surface area (Å²) in [4.78, 5) is 41.3. The standard InChI is InChI=1S/C33H27ClN4O5S/c1-19-7-8-22-9-11-26(16-25(22)15-19)44(43)36-31(39)23-10-12-28(38-20(2)29(34)30(35-38)33(41)42)27(17-23)32(40)37-14-13-21-5-3-4-6-24(21)18-37/h3-12,15-17H,13-14,18H2,1-2H3,(H,36,39)(H,41,42). The van der Waals surface area contributed by atoms with Gasteiger partial charge in [-0.1, -0.05) is 65.7 Å². The molecule has 44 heavy (non-hydrogen) atoms. The second-order valence-electron chi connectivity index (χ2n) is 10.7. The van der Waals surface area contributed by atoms with E-state index in [0.29, 0.717) is 30.1 Å². The number of aryl methyl sites for hydroxylation is 1. The first kappa shape index (κ1) is 29.3. The minimum atomic E-state index is -1.87. The summed E-state index contributed by atoms with van der Waals surface area (Å²) >= 11 is 6.28. The van der Waals surface area contributed by atoms with E-state index in [-0.39, 0.29) is 33.4 Å². The van der Waals surface area contributed by atoms with Crippen molar-refractivity contribution in [1.82, 2.24) is 19.4 Å². The number of aromatic nitrogens is 2. The number of carboxylic acids is 1. The van der Waals surface area contributed by atoms with Crippen LogP contribution < -0.4 is 4.72 Å². The van der Waals surface area contributed by atoms with E-state index in [0.717, 1.165) is 27.5 Å². The monoisotopic (exact) mass is 626 g/mol. The third kappa shape index (κ3) is 5.49. The largest absolute Gasteiger partial charge is 0.476 e. The number of carboxylic acid groups (broad SMARTS) is 1. The molecule has 0 fully saturated rings. The van der Waals surface area contributed by atoms with E-state index < -0.39 is 22.9 Å². The lowest BCUT2D eigenvalue weighted by Crippen LogP contribution is -2.36. The van der Waals surface area contributed by atoms with Gasteiger partial charge in [-0.3, -0.25) is 14.3 Å². The molecule has 0 aliphatic carbocycles. The maximum atomic E-state index is 14.1. The fraction of sp³-hybridized carbons (Fsp3) is 0.152. The minimum Gasteiger partial charge on any atom is -0.476 e. The molecule has 0 radical (unpaired) electrons. The molecule has 0 bridgehead atoms. The summed E-state index contributed by atoms with van der Waals surface area (Å²) in [5, 5.41) is 15.6. The Labute approximate surface area is 260 Å². The molecule has 5 aromatic rings. The Morgan fingerprint density at radius 3 is 2.43 bits per heavy atom. The number of nitrogens with one attached hydrogen (secondary N) is 1. The van der Waals surface area contributed by atoms with Crippen LogP contribution in [0.15, 0.2) is 83.8 Å². The third-order valence-electron chi connectivity index (χ3n) is 7.75. The molecular weight excluding hydrogens is 600 g/mol. The summed E-state index contributed by atoms with van der Waals surface area (Å²) in [7, 11) is -1.87. The average molecular weight is 627 g/mol. The topological polar surface area (TPSA) is 122 Å². The van der Waals surface area contributed by atoms with Gasteiger partial charge in [-0.2, -0.15) is 5.10 Å². The van der Waals surface area contributed by atoms with Crippen molar-refractivity contribution in [1.29, 1.82) is 0 Å². The van der Waals surface area contributed by atoms with Crippen molar-refractivity contribution < 1.29 is 23.7 Å². The van der Waals surface area contributed by atoms with Crippen molar-refractivity contribution >= 4 is 51.1 Å². The van der Waals surface area contributed by atoms with Crippen LogP contribution in [0.25, 0.3) is 16.5 Å². The molecule has 1 aromatic heterocycles. The third-order valence-corrected chi connectivity index (χ3v) is 9.25. The normalized spacial score (nSPS) is 13.4. The molecule has 222 valence electrons. The van der Waals surface area contributed by atoms with E-state index in [1.165, 1.54) is 22.9 Å². The van der Waals surface area contributed by atoms with Crippen LogP contribution in [0.3, 0.4) is 0 Å². The zero-order chi connectivity index (χ0) is 31.1.